The normalized spacial score (nSPS) is 16.6. The fourth-order valence-electron chi connectivity index (χ4n) is 20.6. The Morgan fingerprint density at radius 3 is 0.525 bits per heavy atom. The summed E-state index contributed by atoms with van der Waals surface area (Å²) in [5.74, 6) is 0. The van der Waals surface area contributed by atoms with Crippen LogP contribution in [-0.2, 0) is 23.3 Å². The molecule has 80 heavy (non-hydrogen) atoms. The first-order chi connectivity index (χ1) is 33.0. The molecule has 0 nitrogen and oxygen atoms in total. The molecule has 20 heteroatoms. The van der Waals surface area contributed by atoms with Crippen molar-refractivity contribution in [3.63, 3.8) is 0 Å². The molecule has 0 fully saturated rings. The predicted molar refractivity (Wildman–Crippen MR) is 437 cm³/mol. The van der Waals surface area contributed by atoms with Crippen LogP contribution in [0.25, 0.3) is 0 Å². The molecule has 2 aliphatic rings. The minimum absolute atomic E-state index is 0. The molecule has 0 unspecified atom stereocenters. The van der Waals surface area contributed by atoms with E-state index in [4.69, 9.17) is 0 Å². The van der Waals surface area contributed by atoms with E-state index in [1.807, 2.05) is 0 Å². The Kier molecular flexibility index (Phi) is 34.3. The maximum Gasteiger partial charge on any atom is 0.0501 e. The molecule has 0 aliphatic heterocycles. The molecule has 0 amide bonds. The molecular formula is C60H136S4Sb2Si14-2. The Balaban J connectivity index is -0.000000664. The SMILES string of the molecule is C[Si](C)(C)C(C1=C=C(C([Si](C)(C)C)[Si](C)(C)C)C=C(C([Si](C)(C)C)([Si](C)(C)C)[Si](C)(C)C)[CH]1)[Si](C)(C)C.C[Si](C)(C)C(C1=C=C(C([Si](C)(C)C)[Si](C)(C)C)C=C(C([Si](C)(C)C)([Si](C)(C)C)[Si](C)(C)C)[CH]1)[Si](C)(C)C.S.[S-]S[S-].[Sb].[Sb]. The fraction of sp³-hybridized carbons (Fsp3) is 0.800. The molecule has 0 aromatic carbocycles. The summed E-state index contributed by atoms with van der Waals surface area (Å²) in [5.41, 5.74) is 18.7. The Bertz CT molecular complexity index is 1950. The molecule has 8 radical (unpaired) electrons. The second kappa shape index (κ2) is 30.1. The first-order valence-corrected chi connectivity index (χ1v) is 82.4. The number of rotatable bonds is 20. The zero-order chi connectivity index (χ0) is 62.7. The Hall–Kier alpha value is 4.59. The van der Waals surface area contributed by atoms with Crippen LogP contribution in [0.2, 0.25) is 304 Å². The van der Waals surface area contributed by atoms with Crippen molar-refractivity contribution in [2.45, 2.75) is 304 Å². The molecule has 2 rings (SSSR count). The van der Waals surface area contributed by atoms with E-state index in [1.54, 1.807) is 33.4 Å². The monoisotopic (exact) mass is 1620 g/mol. The van der Waals surface area contributed by atoms with Gasteiger partial charge in [0.15, 0.2) is 0 Å². The average molecular weight is 1620 g/mol. The summed E-state index contributed by atoms with van der Waals surface area (Å²) in [7, 11) is -20.2. The Morgan fingerprint density at radius 2 is 0.412 bits per heavy atom. The van der Waals surface area contributed by atoms with Gasteiger partial charge in [-0.15, -0.1) is 11.5 Å². The molecule has 2 aliphatic carbocycles. The number of hydrogen-bond donors (Lipinski definition) is 0. The molecule has 468 valence electrons. The number of hydrogen-bond acceptors (Lipinski definition) is 3. The minimum atomic E-state index is -1.59. The molecule has 0 saturated carbocycles. The predicted octanol–water partition coefficient (Wildman–Crippen LogP) is 23.2. The molecule has 0 aromatic rings. The number of allylic oxidation sites excluding steroid dienone is 6. The van der Waals surface area contributed by atoms with Gasteiger partial charge in [-0.25, -0.2) is 0 Å². The minimum Gasteiger partial charge on any atom is -0.747 e. The topological polar surface area (TPSA) is 0 Å². The van der Waals surface area contributed by atoms with E-state index in [0.29, 0.717) is 8.57 Å². The van der Waals surface area contributed by atoms with Crippen LogP contribution < -0.4 is 0 Å². The van der Waals surface area contributed by atoms with Gasteiger partial charge in [0.1, 0.15) is 0 Å². The first kappa shape index (κ1) is 91.0. The first-order valence-electron chi connectivity index (χ1n) is 30.1. The molecule has 0 N–H and O–H groups in total. The third kappa shape index (κ3) is 21.9. The zero-order valence-corrected chi connectivity index (χ0v) is 83.8. The van der Waals surface area contributed by atoms with E-state index < -0.39 is 113 Å². The largest absolute Gasteiger partial charge is 0.747 e. The van der Waals surface area contributed by atoms with Crippen LogP contribution in [0, 0.1) is 12.8 Å². The maximum atomic E-state index is 4.32. The smallest absolute Gasteiger partial charge is 0.0501 e. The van der Waals surface area contributed by atoms with Gasteiger partial charge >= 0.3 is 0 Å². The van der Waals surface area contributed by atoms with Gasteiger partial charge in [0.2, 0.25) is 0 Å². The molecule has 0 spiro atoms. The Labute approximate surface area is 575 Å². The van der Waals surface area contributed by atoms with Gasteiger partial charge in [0.25, 0.3) is 0 Å². The van der Waals surface area contributed by atoms with Gasteiger partial charge < -0.3 is 33.1 Å². The summed E-state index contributed by atoms with van der Waals surface area (Å²) in [4.78, 5) is 0. The summed E-state index contributed by atoms with van der Waals surface area (Å²) in [6, 6.07) is 0. The van der Waals surface area contributed by atoms with Crippen molar-refractivity contribution in [1.29, 1.82) is 0 Å². The molecule has 0 saturated heterocycles. The van der Waals surface area contributed by atoms with Crippen molar-refractivity contribution in [2.24, 2.45) is 0 Å². The molecule has 0 atom stereocenters. The van der Waals surface area contributed by atoms with Gasteiger partial charge in [-0.2, -0.15) is 13.5 Å². The van der Waals surface area contributed by atoms with Gasteiger partial charge in [-0.1, -0.05) is 298 Å². The van der Waals surface area contributed by atoms with Crippen molar-refractivity contribution in [1.82, 2.24) is 0 Å². The second-order valence-corrected chi connectivity index (χ2v) is 120. The van der Waals surface area contributed by atoms with Crippen LogP contribution in [-0.4, -0.2) is 162 Å². The summed E-state index contributed by atoms with van der Waals surface area (Å²) >= 11 is 8.25. The maximum absolute atomic E-state index is 4.32. The van der Waals surface area contributed by atoms with Crippen molar-refractivity contribution < 1.29 is 0 Å². The van der Waals surface area contributed by atoms with Crippen LogP contribution in [0.1, 0.15) is 0 Å². The van der Waals surface area contributed by atoms with Gasteiger partial charge in [-0.3, -0.25) is 0 Å². The van der Waals surface area contributed by atoms with Gasteiger partial charge in [0.05, 0.1) is 32.3 Å². The Morgan fingerprint density at radius 1 is 0.287 bits per heavy atom. The van der Waals surface area contributed by atoms with Crippen LogP contribution in [0.5, 0.6) is 0 Å². The summed E-state index contributed by atoms with van der Waals surface area (Å²) in [6.45, 7) is 112. The van der Waals surface area contributed by atoms with Crippen molar-refractivity contribution in [3.05, 3.63) is 69.9 Å². The fourth-order valence-corrected chi connectivity index (χ4v) is 131. The standard InChI is InChI=1S/2C30H67Si7.H2S3.H2S.2Sb/c2*1-31(2,3)28(32(4,5)6)25-22-26(29(33(7,8)9)34(10,11)12)24-27(23-25)30(35(13,14)15,36(16,17)18)37(19,20)21;1-3-2;;;/h2*23-24,28-29H,1-21H3;1-2H;1H2;;/p-2. The van der Waals surface area contributed by atoms with Crippen LogP contribution >= 0.6 is 23.3 Å². The van der Waals surface area contributed by atoms with Crippen LogP contribution in [0.15, 0.2) is 57.1 Å². The molecule has 0 aromatic heterocycles. The summed E-state index contributed by atoms with van der Waals surface area (Å²) in [6.07, 6.45) is 11.2. The molecule has 0 heterocycles. The van der Waals surface area contributed by atoms with Crippen LogP contribution in [0.4, 0.5) is 0 Å². The quantitative estimate of drug-likeness (QED) is 0.0516. The third-order valence-corrected chi connectivity index (χ3v) is 97.0. The van der Waals surface area contributed by atoms with Crippen LogP contribution in [0.3, 0.4) is 0 Å². The van der Waals surface area contributed by atoms with Crippen molar-refractivity contribution in [2.75, 3.05) is 0 Å². The van der Waals surface area contributed by atoms with Gasteiger partial charge in [-0.05, 0) is 51.5 Å². The molecule has 0 bridgehead atoms. The van der Waals surface area contributed by atoms with E-state index in [9.17, 15) is 0 Å². The summed E-state index contributed by atoms with van der Waals surface area (Å²) < 4.78 is 0.830. The second-order valence-electron chi connectivity index (χ2n) is 39.3. The van der Waals surface area contributed by atoms with E-state index >= 15 is 0 Å². The summed E-state index contributed by atoms with van der Waals surface area (Å²) in [5, 5.41) is 2.96. The van der Waals surface area contributed by atoms with E-state index in [0.717, 1.165) is 30.5 Å². The zero-order valence-electron chi connectivity index (χ0n) is 61.2. The van der Waals surface area contributed by atoms with Gasteiger partial charge in [0, 0.05) is 142 Å². The van der Waals surface area contributed by atoms with E-state index in [1.165, 1.54) is 0 Å². The molecular weight excluding hydrogens is 1490 g/mol. The average Bonchev–Trinajstić information content (AvgIpc) is 2.99. The van der Waals surface area contributed by atoms with E-state index in [-0.39, 0.29) is 62.4 Å². The van der Waals surface area contributed by atoms with E-state index in [2.05, 4.69) is 335 Å². The van der Waals surface area contributed by atoms with Crippen molar-refractivity contribution >= 4 is 209 Å². The van der Waals surface area contributed by atoms with Crippen molar-refractivity contribution in [3.8, 4) is 0 Å². The third-order valence-electron chi connectivity index (χ3n) is 17.6.